The smallest absolute Gasteiger partial charge is 0.167 e. The van der Waals surface area contributed by atoms with Crippen molar-refractivity contribution in [3.63, 3.8) is 0 Å². The molecule has 0 amide bonds. The molecule has 0 heterocycles. The van der Waals surface area contributed by atoms with Gasteiger partial charge in [-0.05, 0) is 6.92 Å². The molecule has 0 saturated carbocycles. The maximum atomic E-state index is 9.99. The highest BCUT2D eigenvalue weighted by atomic mass is 16.1. The molecule has 52 valence electrons. The predicted molar refractivity (Wildman–Crippen MR) is 34.9 cm³/mol. The Morgan fingerprint density at radius 1 is 1.67 bits per heavy atom. The number of nitrogens with zero attached hydrogens (tertiary/aromatic N) is 1. The van der Waals surface area contributed by atoms with Crippen LogP contribution < -0.4 is 11.6 Å². The molecule has 0 fully saturated rings. The van der Waals surface area contributed by atoms with Crippen molar-refractivity contribution in [2.75, 3.05) is 7.05 Å². The highest BCUT2D eigenvalue weighted by Crippen LogP contribution is 1.94. The Hall–Kier alpha value is -1.03. The number of carbonyl (C=O) groups is 1. The minimum Gasteiger partial charge on any atom is -0.395 e. The first kappa shape index (κ1) is 7.97. The predicted octanol–water partition coefficient (Wildman–Crippen LogP) is -0.819. The van der Waals surface area contributed by atoms with Crippen molar-refractivity contribution in [3.8, 4) is 0 Å². The number of nitrogens with two attached hydrogens (primary N) is 2. The topological polar surface area (TPSA) is 72.4 Å². The van der Waals surface area contributed by atoms with E-state index in [4.69, 9.17) is 11.6 Å². The summed E-state index contributed by atoms with van der Waals surface area (Å²) in [7, 11) is 1.62. The van der Waals surface area contributed by atoms with E-state index < -0.39 is 0 Å². The zero-order valence-corrected chi connectivity index (χ0v) is 5.59. The minimum atomic E-state index is 0.167. The Morgan fingerprint density at radius 3 is 2.22 bits per heavy atom. The zero-order valence-electron chi connectivity index (χ0n) is 5.59. The van der Waals surface area contributed by atoms with Crippen molar-refractivity contribution in [1.29, 1.82) is 0 Å². The van der Waals surface area contributed by atoms with E-state index in [9.17, 15) is 4.79 Å². The molecule has 0 aliphatic carbocycles. The Bertz CT molecular complexity index is 139. The zero-order chi connectivity index (χ0) is 7.44. The molecule has 0 spiro atoms. The van der Waals surface area contributed by atoms with Gasteiger partial charge < -0.3 is 10.7 Å². The van der Waals surface area contributed by atoms with Gasteiger partial charge in [0.15, 0.2) is 6.29 Å². The Kier molecular flexibility index (Phi) is 2.73. The summed E-state index contributed by atoms with van der Waals surface area (Å²) < 4.78 is 0. The fourth-order valence-corrected chi connectivity index (χ4v) is 0.289. The van der Waals surface area contributed by atoms with E-state index in [1.165, 1.54) is 5.01 Å². The van der Waals surface area contributed by atoms with E-state index in [-0.39, 0.29) is 5.70 Å². The third kappa shape index (κ3) is 2.14. The van der Waals surface area contributed by atoms with Crippen LogP contribution in [0.15, 0.2) is 11.4 Å². The second-order valence-corrected chi connectivity index (χ2v) is 1.77. The van der Waals surface area contributed by atoms with Gasteiger partial charge in [-0.1, -0.05) is 0 Å². The number of carbonyl (C=O) groups excluding carboxylic acids is 1. The summed E-state index contributed by atoms with van der Waals surface area (Å²) in [6.07, 6.45) is 0.568. The van der Waals surface area contributed by atoms with Gasteiger partial charge in [-0.3, -0.25) is 4.79 Å². The summed E-state index contributed by atoms with van der Waals surface area (Å²) in [5, 5.41) is 1.30. The van der Waals surface area contributed by atoms with E-state index in [2.05, 4.69) is 0 Å². The molecule has 4 nitrogen and oxygen atoms in total. The summed E-state index contributed by atoms with van der Waals surface area (Å²) in [5.74, 6) is 5.25. The molecule has 0 aromatic rings. The Labute approximate surface area is 54.1 Å². The molecule has 9 heavy (non-hydrogen) atoms. The number of allylic oxidation sites excluding steroid dienone is 2. The summed E-state index contributed by atoms with van der Waals surface area (Å²) in [4.78, 5) is 9.99. The van der Waals surface area contributed by atoms with Crippen molar-refractivity contribution < 1.29 is 4.79 Å². The molecule has 0 saturated heterocycles. The van der Waals surface area contributed by atoms with Crippen LogP contribution in [0.3, 0.4) is 0 Å². The second-order valence-electron chi connectivity index (χ2n) is 1.77. The lowest BCUT2D eigenvalue weighted by molar-refractivity contribution is -0.105. The molecule has 0 aromatic carbocycles. The molecular formula is C5H11N3O. The van der Waals surface area contributed by atoms with E-state index >= 15 is 0 Å². The lowest BCUT2D eigenvalue weighted by Crippen LogP contribution is -2.26. The molecule has 4 N–H and O–H groups in total. The monoisotopic (exact) mass is 129 g/mol. The van der Waals surface area contributed by atoms with Crippen LogP contribution in [0.25, 0.3) is 0 Å². The Balaban J connectivity index is 4.27. The summed E-state index contributed by atoms with van der Waals surface area (Å²) >= 11 is 0. The van der Waals surface area contributed by atoms with Crippen LogP contribution in [0.1, 0.15) is 6.92 Å². The summed E-state index contributed by atoms with van der Waals surface area (Å²) in [6.45, 7) is 1.67. The number of hydrazine groups is 1. The normalized spacial score (nSPS) is 12.3. The van der Waals surface area contributed by atoms with Crippen LogP contribution >= 0.6 is 0 Å². The van der Waals surface area contributed by atoms with Crippen LogP contribution in [0.4, 0.5) is 0 Å². The summed E-state index contributed by atoms with van der Waals surface area (Å²) in [5.41, 5.74) is 5.95. The van der Waals surface area contributed by atoms with Gasteiger partial charge in [-0.25, -0.2) is 5.84 Å². The highest BCUT2D eigenvalue weighted by Gasteiger charge is 1.96. The van der Waals surface area contributed by atoms with Crippen LogP contribution in [-0.4, -0.2) is 18.3 Å². The maximum absolute atomic E-state index is 9.99. The minimum absolute atomic E-state index is 0.167. The Morgan fingerprint density at radius 2 is 2.11 bits per heavy atom. The van der Waals surface area contributed by atoms with Gasteiger partial charge in [-0.2, -0.15) is 0 Å². The first-order valence-corrected chi connectivity index (χ1v) is 2.49. The van der Waals surface area contributed by atoms with Crippen molar-refractivity contribution in [1.82, 2.24) is 5.01 Å². The van der Waals surface area contributed by atoms with E-state index in [0.717, 1.165) is 0 Å². The number of rotatable bonds is 2. The van der Waals surface area contributed by atoms with Gasteiger partial charge in [-0.15, -0.1) is 0 Å². The fraction of sp³-hybridized carbons (Fsp3) is 0.400. The SMILES string of the molecule is C/C(=C(/N)C=O)N(C)N. The maximum Gasteiger partial charge on any atom is 0.167 e. The molecule has 0 atom stereocenters. The van der Waals surface area contributed by atoms with Crippen LogP contribution in [-0.2, 0) is 4.79 Å². The van der Waals surface area contributed by atoms with Crippen LogP contribution in [0.2, 0.25) is 0 Å². The largest absolute Gasteiger partial charge is 0.395 e. The number of aldehydes is 1. The molecule has 4 heteroatoms. The quantitative estimate of drug-likeness (QED) is 0.221. The first-order valence-electron chi connectivity index (χ1n) is 2.49. The van der Waals surface area contributed by atoms with Gasteiger partial charge >= 0.3 is 0 Å². The van der Waals surface area contributed by atoms with Gasteiger partial charge in [0.1, 0.15) is 0 Å². The summed E-state index contributed by atoms with van der Waals surface area (Å²) in [6, 6.07) is 0. The third-order valence-electron chi connectivity index (χ3n) is 1.07. The molecule has 0 rings (SSSR count). The molecular weight excluding hydrogens is 118 g/mol. The van der Waals surface area contributed by atoms with Crippen LogP contribution in [0, 0.1) is 0 Å². The fourth-order valence-electron chi connectivity index (χ4n) is 0.289. The molecule has 0 bridgehead atoms. The van der Waals surface area contributed by atoms with Crippen molar-refractivity contribution >= 4 is 6.29 Å². The number of hydrogen-bond acceptors (Lipinski definition) is 4. The van der Waals surface area contributed by atoms with E-state index in [1.807, 2.05) is 0 Å². The molecule has 0 radical (unpaired) electrons. The van der Waals surface area contributed by atoms with Gasteiger partial charge in [0, 0.05) is 7.05 Å². The lowest BCUT2D eigenvalue weighted by Gasteiger charge is -2.12. The lowest BCUT2D eigenvalue weighted by atomic mass is 10.4. The van der Waals surface area contributed by atoms with Crippen molar-refractivity contribution in [3.05, 3.63) is 11.4 Å². The highest BCUT2D eigenvalue weighted by molar-refractivity contribution is 5.72. The number of hydrogen-bond donors (Lipinski definition) is 2. The molecule has 0 aliphatic rings. The third-order valence-corrected chi connectivity index (χ3v) is 1.07. The average Bonchev–Trinajstić information content (AvgIpc) is 1.84. The van der Waals surface area contributed by atoms with E-state index in [0.29, 0.717) is 12.0 Å². The van der Waals surface area contributed by atoms with Gasteiger partial charge in [0.2, 0.25) is 0 Å². The first-order chi connectivity index (χ1) is 4.09. The van der Waals surface area contributed by atoms with Crippen molar-refractivity contribution in [2.45, 2.75) is 6.92 Å². The molecule has 0 unspecified atom stereocenters. The van der Waals surface area contributed by atoms with Gasteiger partial charge in [0.25, 0.3) is 0 Å². The average molecular weight is 129 g/mol. The molecule has 0 aromatic heterocycles. The molecule has 0 aliphatic heterocycles. The van der Waals surface area contributed by atoms with Crippen molar-refractivity contribution in [2.24, 2.45) is 11.6 Å². The van der Waals surface area contributed by atoms with E-state index in [1.54, 1.807) is 14.0 Å². The van der Waals surface area contributed by atoms with Gasteiger partial charge in [0.05, 0.1) is 11.4 Å². The second kappa shape index (κ2) is 3.09. The standard InChI is InChI=1S/C5H11N3O/c1-4(8(2)7)5(6)3-9/h3H,6-7H2,1-2H3/b5-4-. The van der Waals surface area contributed by atoms with Crippen LogP contribution in [0.5, 0.6) is 0 Å².